The van der Waals surface area contributed by atoms with Gasteiger partial charge in [-0.2, -0.15) is 0 Å². The molecule has 4 nitrogen and oxygen atoms in total. The number of fused-ring (bicyclic) bond motifs is 1. The van der Waals surface area contributed by atoms with E-state index in [0.717, 1.165) is 12.0 Å². The third kappa shape index (κ3) is 2.77. The molecule has 2 aromatic carbocycles. The molecule has 4 rings (SSSR count). The second-order valence-electron chi connectivity index (χ2n) is 6.12. The summed E-state index contributed by atoms with van der Waals surface area (Å²) in [5.74, 6) is -0.330. The Morgan fingerprint density at radius 1 is 1.12 bits per heavy atom. The number of oxime groups is 1. The van der Waals surface area contributed by atoms with Crippen LogP contribution in [0.25, 0.3) is 0 Å². The zero-order chi connectivity index (χ0) is 16.5. The van der Waals surface area contributed by atoms with Gasteiger partial charge in [-0.15, -0.1) is 0 Å². The molecule has 0 aliphatic carbocycles. The van der Waals surface area contributed by atoms with E-state index in [9.17, 15) is 9.18 Å². The Balaban J connectivity index is 1.43. The van der Waals surface area contributed by atoms with Gasteiger partial charge in [0.1, 0.15) is 5.82 Å². The van der Waals surface area contributed by atoms with E-state index in [1.165, 1.54) is 23.3 Å². The highest BCUT2D eigenvalue weighted by Gasteiger charge is 2.33. The fourth-order valence-corrected chi connectivity index (χ4v) is 3.21. The number of hydrogen-bond donors (Lipinski definition) is 0. The van der Waals surface area contributed by atoms with Crippen molar-refractivity contribution in [2.75, 3.05) is 6.54 Å². The molecule has 0 spiro atoms. The first-order chi connectivity index (χ1) is 11.7. The van der Waals surface area contributed by atoms with Gasteiger partial charge >= 0.3 is 0 Å². The molecule has 0 bridgehead atoms. The Kier molecular flexibility index (Phi) is 3.76. The Bertz CT molecular complexity index is 801. The maximum absolute atomic E-state index is 13.0. The van der Waals surface area contributed by atoms with Crippen molar-refractivity contribution in [3.05, 3.63) is 71.0 Å². The van der Waals surface area contributed by atoms with Crippen LogP contribution in [0.4, 0.5) is 4.39 Å². The molecule has 2 aliphatic rings. The van der Waals surface area contributed by atoms with Crippen LogP contribution in [0, 0.1) is 5.82 Å². The van der Waals surface area contributed by atoms with Crippen molar-refractivity contribution in [2.24, 2.45) is 5.16 Å². The zero-order valence-electron chi connectivity index (χ0n) is 13.1. The van der Waals surface area contributed by atoms with Crippen LogP contribution < -0.4 is 0 Å². The van der Waals surface area contributed by atoms with E-state index in [2.05, 4.69) is 17.3 Å². The fraction of sp³-hybridized carbons (Fsp3) is 0.263. The Morgan fingerprint density at radius 2 is 1.88 bits per heavy atom. The molecule has 2 aromatic rings. The standard InChI is InChI=1S/C19H17FN2O2/c20-16-7-5-14(6-8-16)17-11-18(24-21-17)19(23)22-10-9-13-3-1-2-4-15(13)12-22/h1-8,18H,9-12H2/t18-/m1/s1. The Morgan fingerprint density at radius 3 is 2.67 bits per heavy atom. The van der Waals surface area contributed by atoms with E-state index >= 15 is 0 Å². The van der Waals surface area contributed by atoms with Crippen molar-refractivity contribution < 1.29 is 14.0 Å². The van der Waals surface area contributed by atoms with Gasteiger partial charge in [-0.25, -0.2) is 4.39 Å². The molecule has 0 radical (unpaired) electrons. The van der Waals surface area contributed by atoms with Gasteiger partial charge in [0.25, 0.3) is 5.91 Å². The fourth-order valence-electron chi connectivity index (χ4n) is 3.21. The summed E-state index contributed by atoms with van der Waals surface area (Å²) in [6, 6.07) is 14.3. The van der Waals surface area contributed by atoms with Gasteiger partial charge in [0, 0.05) is 19.5 Å². The van der Waals surface area contributed by atoms with Gasteiger partial charge in [-0.1, -0.05) is 41.6 Å². The van der Waals surface area contributed by atoms with Crippen LogP contribution in [0.2, 0.25) is 0 Å². The van der Waals surface area contributed by atoms with E-state index in [4.69, 9.17) is 4.84 Å². The molecule has 0 aromatic heterocycles. The van der Waals surface area contributed by atoms with E-state index in [1.54, 1.807) is 12.1 Å². The SMILES string of the molecule is O=C([C@H]1CC(c2ccc(F)cc2)=NO1)N1CCc2ccccc2C1. The van der Waals surface area contributed by atoms with Gasteiger partial charge in [0.05, 0.1) is 5.71 Å². The Hall–Kier alpha value is -2.69. The summed E-state index contributed by atoms with van der Waals surface area (Å²) in [4.78, 5) is 19.9. The maximum atomic E-state index is 13.0. The summed E-state index contributed by atoms with van der Waals surface area (Å²) in [5, 5.41) is 4.02. The van der Waals surface area contributed by atoms with Crippen molar-refractivity contribution in [1.82, 2.24) is 4.90 Å². The maximum Gasteiger partial charge on any atom is 0.267 e. The lowest BCUT2D eigenvalue weighted by molar-refractivity contribution is -0.143. The summed E-state index contributed by atoms with van der Waals surface area (Å²) < 4.78 is 13.0. The van der Waals surface area contributed by atoms with Crippen molar-refractivity contribution >= 4 is 11.6 Å². The van der Waals surface area contributed by atoms with E-state index in [-0.39, 0.29) is 11.7 Å². The second kappa shape index (κ2) is 6.07. The predicted molar refractivity (Wildman–Crippen MR) is 88.0 cm³/mol. The molecule has 1 amide bonds. The predicted octanol–water partition coefficient (Wildman–Crippen LogP) is 2.90. The average Bonchev–Trinajstić information content (AvgIpc) is 3.11. The van der Waals surface area contributed by atoms with Crippen LogP contribution >= 0.6 is 0 Å². The van der Waals surface area contributed by atoms with Crippen LogP contribution in [0.15, 0.2) is 53.7 Å². The van der Waals surface area contributed by atoms with E-state index in [1.807, 2.05) is 17.0 Å². The first kappa shape index (κ1) is 14.9. The van der Waals surface area contributed by atoms with Gasteiger partial charge < -0.3 is 9.74 Å². The van der Waals surface area contributed by atoms with Gasteiger partial charge in [0.2, 0.25) is 6.10 Å². The highest BCUT2D eigenvalue weighted by molar-refractivity contribution is 6.04. The average molecular weight is 324 g/mol. The van der Waals surface area contributed by atoms with Gasteiger partial charge in [-0.3, -0.25) is 4.79 Å². The van der Waals surface area contributed by atoms with Crippen molar-refractivity contribution in [1.29, 1.82) is 0 Å². The third-order valence-corrected chi connectivity index (χ3v) is 4.56. The second-order valence-corrected chi connectivity index (χ2v) is 6.12. The lowest BCUT2D eigenvalue weighted by Crippen LogP contribution is -2.42. The van der Waals surface area contributed by atoms with Crippen LogP contribution in [0.1, 0.15) is 23.1 Å². The van der Waals surface area contributed by atoms with Crippen LogP contribution in [0.5, 0.6) is 0 Å². The molecule has 0 saturated heterocycles. The highest BCUT2D eigenvalue weighted by Crippen LogP contribution is 2.23. The molecule has 5 heteroatoms. The van der Waals surface area contributed by atoms with Gasteiger partial charge in [-0.05, 0) is 35.2 Å². The van der Waals surface area contributed by atoms with E-state index < -0.39 is 6.10 Å². The van der Waals surface area contributed by atoms with Gasteiger partial charge in [0.15, 0.2) is 0 Å². The summed E-state index contributed by atoms with van der Waals surface area (Å²) in [6.45, 7) is 1.31. The Labute approximate surface area is 139 Å². The number of nitrogens with zero attached hydrogens (tertiary/aromatic N) is 2. The molecule has 0 fully saturated rings. The van der Waals surface area contributed by atoms with Crippen LogP contribution in [0.3, 0.4) is 0 Å². The van der Waals surface area contributed by atoms with Crippen molar-refractivity contribution in [3.8, 4) is 0 Å². The molecule has 24 heavy (non-hydrogen) atoms. The first-order valence-electron chi connectivity index (χ1n) is 8.05. The monoisotopic (exact) mass is 324 g/mol. The topological polar surface area (TPSA) is 41.9 Å². The highest BCUT2D eigenvalue weighted by atomic mass is 19.1. The summed E-state index contributed by atoms with van der Waals surface area (Å²) in [5.41, 5.74) is 3.97. The molecular weight excluding hydrogens is 307 g/mol. The van der Waals surface area contributed by atoms with Crippen molar-refractivity contribution in [3.63, 3.8) is 0 Å². The largest absolute Gasteiger partial charge is 0.382 e. The first-order valence-corrected chi connectivity index (χ1v) is 8.05. The van der Waals surface area contributed by atoms with Crippen LogP contribution in [-0.4, -0.2) is 29.2 Å². The number of carbonyl (C=O) groups is 1. The molecule has 2 heterocycles. The number of carbonyl (C=O) groups excluding carboxylic acids is 1. The lowest BCUT2D eigenvalue weighted by atomic mass is 9.98. The smallest absolute Gasteiger partial charge is 0.267 e. The number of halogens is 1. The molecular formula is C19H17FN2O2. The minimum absolute atomic E-state index is 0.0367. The molecule has 122 valence electrons. The quantitative estimate of drug-likeness (QED) is 0.852. The lowest BCUT2D eigenvalue weighted by Gasteiger charge is -2.30. The summed E-state index contributed by atoms with van der Waals surface area (Å²) >= 11 is 0. The third-order valence-electron chi connectivity index (χ3n) is 4.56. The molecule has 1 atom stereocenters. The number of hydrogen-bond acceptors (Lipinski definition) is 3. The summed E-state index contributed by atoms with van der Waals surface area (Å²) in [6.07, 6.45) is 0.693. The number of amides is 1. The van der Waals surface area contributed by atoms with Crippen molar-refractivity contribution in [2.45, 2.75) is 25.5 Å². The van der Waals surface area contributed by atoms with Crippen LogP contribution in [-0.2, 0) is 22.6 Å². The molecule has 0 unspecified atom stereocenters. The summed E-state index contributed by atoms with van der Waals surface area (Å²) in [7, 11) is 0. The molecule has 0 saturated carbocycles. The molecule has 2 aliphatic heterocycles. The zero-order valence-corrected chi connectivity index (χ0v) is 13.1. The minimum atomic E-state index is -0.588. The normalized spacial score (nSPS) is 19.5. The number of rotatable bonds is 2. The van der Waals surface area contributed by atoms with E-state index in [0.29, 0.717) is 25.2 Å². The molecule has 0 N–H and O–H groups in total. The minimum Gasteiger partial charge on any atom is -0.382 e. The number of benzene rings is 2.